The van der Waals surface area contributed by atoms with Crippen LogP contribution in [0.3, 0.4) is 0 Å². The molecule has 1 heterocycles. The monoisotopic (exact) mass is 384 g/mol. The lowest BCUT2D eigenvalue weighted by Gasteiger charge is -2.13. The van der Waals surface area contributed by atoms with Crippen LogP contribution in [0.2, 0.25) is 5.02 Å². The van der Waals surface area contributed by atoms with Crippen LogP contribution in [0.4, 0.5) is 17.5 Å². The molecule has 0 atom stereocenters. The lowest BCUT2D eigenvalue weighted by molar-refractivity contribution is -0.134. The number of halogens is 1. The number of aliphatic carboxylic acids is 1. The SMILES string of the molecule is COc1ccc(Cl)cc1Nc1cc(-c2ccccc2)nc(NCC(=O)O)n1. The van der Waals surface area contributed by atoms with Crippen LogP contribution in [0.15, 0.2) is 54.6 Å². The molecule has 0 saturated carbocycles. The lowest BCUT2D eigenvalue weighted by atomic mass is 10.1. The number of carbonyl (C=O) groups is 1. The van der Waals surface area contributed by atoms with Gasteiger partial charge >= 0.3 is 5.97 Å². The summed E-state index contributed by atoms with van der Waals surface area (Å²) in [5.74, 6) is 0.258. The molecule has 0 fully saturated rings. The van der Waals surface area contributed by atoms with Gasteiger partial charge in [0, 0.05) is 16.7 Å². The van der Waals surface area contributed by atoms with E-state index in [-0.39, 0.29) is 12.5 Å². The summed E-state index contributed by atoms with van der Waals surface area (Å²) in [6.45, 7) is -0.293. The van der Waals surface area contributed by atoms with Gasteiger partial charge in [0.1, 0.15) is 18.1 Å². The molecular formula is C19H17ClN4O3. The predicted molar refractivity (Wildman–Crippen MR) is 105 cm³/mol. The second-order valence-electron chi connectivity index (χ2n) is 5.54. The number of nitrogens with zero attached hydrogens (tertiary/aromatic N) is 2. The average molecular weight is 385 g/mol. The van der Waals surface area contributed by atoms with Crippen molar-refractivity contribution in [2.75, 3.05) is 24.3 Å². The number of rotatable bonds is 7. The van der Waals surface area contributed by atoms with Gasteiger partial charge in [0.25, 0.3) is 0 Å². The summed E-state index contributed by atoms with van der Waals surface area (Å²) in [6, 6.07) is 16.5. The number of carboxylic acids is 1. The Bertz CT molecular complexity index is 951. The lowest BCUT2D eigenvalue weighted by Crippen LogP contribution is -2.15. The van der Waals surface area contributed by atoms with Crippen LogP contribution in [0.25, 0.3) is 11.3 Å². The Morgan fingerprint density at radius 3 is 2.63 bits per heavy atom. The van der Waals surface area contributed by atoms with Crippen molar-refractivity contribution < 1.29 is 14.6 Å². The number of carboxylic acid groups (broad SMARTS) is 1. The zero-order valence-corrected chi connectivity index (χ0v) is 15.2. The van der Waals surface area contributed by atoms with Gasteiger partial charge in [-0.15, -0.1) is 0 Å². The average Bonchev–Trinajstić information content (AvgIpc) is 2.67. The highest BCUT2D eigenvalue weighted by atomic mass is 35.5. The van der Waals surface area contributed by atoms with E-state index in [2.05, 4.69) is 20.6 Å². The van der Waals surface area contributed by atoms with Gasteiger partial charge in [0.15, 0.2) is 0 Å². The quantitative estimate of drug-likeness (QED) is 0.565. The molecule has 0 bridgehead atoms. The summed E-state index contributed by atoms with van der Waals surface area (Å²) in [4.78, 5) is 19.6. The van der Waals surface area contributed by atoms with Crippen molar-refractivity contribution in [2.24, 2.45) is 0 Å². The Morgan fingerprint density at radius 2 is 1.93 bits per heavy atom. The molecule has 0 spiro atoms. The summed E-state index contributed by atoms with van der Waals surface area (Å²) in [5, 5.41) is 15.3. The molecule has 8 heteroatoms. The van der Waals surface area contributed by atoms with E-state index < -0.39 is 5.97 Å². The Labute approximate surface area is 161 Å². The third-order valence-corrected chi connectivity index (χ3v) is 3.85. The molecule has 7 nitrogen and oxygen atoms in total. The molecule has 0 amide bonds. The minimum atomic E-state index is -1.00. The van der Waals surface area contributed by atoms with Crippen LogP contribution in [-0.2, 0) is 4.79 Å². The van der Waals surface area contributed by atoms with Gasteiger partial charge in [-0.2, -0.15) is 4.98 Å². The van der Waals surface area contributed by atoms with Crippen molar-refractivity contribution >= 4 is 35.0 Å². The maximum atomic E-state index is 10.9. The largest absolute Gasteiger partial charge is 0.495 e. The summed E-state index contributed by atoms with van der Waals surface area (Å²) >= 11 is 6.08. The molecule has 0 saturated heterocycles. The minimum Gasteiger partial charge on any atom is -0.495 e. The highest BCUT2D eigenvalue weighted by molar-refractivity contribution is 6.31. The van der Waals surface area contributed by atoms with Crippen molar-refractivity contribution in [1.82, 2.24) is 9.97 Å². The molecule has 0 aliphatic heterocycles. The van der Waals surface area contributed by atoms with Crippen LogP contribution < -0.4 is 15.4 Å². The first kappa shape index (κ1) is 18.5. The van der Waals surface area contributed by atoms with Crippen LogP contribution >= 0.6 is 11.6 Å². The fourth-order valence-corrected chi connectivity index (χ4v) is 2.59. The van der Waals surface area contributed by atoms with E-state index >= 15 is 0 Å². The van der Waals surface area contributed by atoms with Crippen molar-refractivity contribution in [3.05, 3.63) is 59.6 Å². The van der Waals surface area contributed by atoms with Crippen LogP contribution in [0.5, 0.6) is 5.75 Å². The molecule has 0 aliphatic rings. The van der Waals surface area contributed by atoms with Crippen molar-refractivity contribution in [2.45, 2.75) is 0 Å². The topological polar surface area (TPSA) is 96.4 Å². The second kappa shape index (κ2) is 8.37. The van der Waals surface area contributed by atoms with Crippen LogP contribution in [0.1, 0.15) is 0 Å². The number of benzene rings is 2. The Kier molecular flexibility index (Phi) is 5.73. The molecule has 1 aromatic heterocycles. The van der Waals surface area contributed by atoms with Gasteiger partial charge in [0.05, 0.1) is 18.5 Å². The second-order valence-corrected chi connectivity index (χ2v) is 5.98. The van der Waals surface area contributed by atoms with Crippen molar-refractivity contribution in [3.63, 3.8) is 0 Å². The number of anilines is 3. The van der Waals surface area contributed by atoms with E-state index in [0.29, 0.717) is 28.0 Å². The third kappa shape index (κ3) is 4.86. The normalized spacial score (nSPS) is 10.3. The van der Waals surface area contributed by atoms with Gasteiger partial charge < -0.3 is 20.5 Å². The fraction of sp³-hybridized carbons (Fsp3) is 0.105. The van der Waals surface area contributed by atoms with Gasteiger partial charge in [-0.05, 0) is 18.2 Å². The molecule has 3 rings (SSSR count). The number of methoxy groups -OCH3 is 1. The van der Waals surface area contributed by atoms with Crippen molar-refractivity contribution in [1.29, 1.82) is 0 Å². The molecule has 3 aromatic rings. The first-order valence-corrected chi connectivity index (χ1v) is 8.43. The fourth-order valence-electron chi connectivity index (χ4n) is 2.42. The highest BCUT2D eigenvalue weighted by Crippen LogP contribution is 2.31. The number of hydrogen-bond acceptors (Lipinski definition) is 6. The number of ether oxygens (including phenoxy) is 1. The van der Waals surface area contributed by atoms with Crippen LogP contribution in [0, 0.1) is 0 Å². The molecule has 2 aromatic carbocycles. The molecule has 0 radical (unpaired) electrons. The Morgan fingerprint density at radius 1 is 1.15 bits per heavy atom. The smallest absolute Gasteiger partial charge is 0.322 e. The van der Waals surface area contributed by atoms with Crippen LogP contribution in [-0.4, -0.2) is 34.7 Å². The predicted octanol–water partition coefficient (Wildman–Crippen LogP) is 4.05. The summed E-state index contributed by atoms with van der Waals surface area (Å²) < 4.78 is 5.34. The Hall–Kier alpha value is -3.32. The van der Waals surface area contributed by atoms with Gasteiger partial charge in [0.2, 0.25) is 5.95 Å². The molecule has 3 N–H and O–H groups in total. The molecule has 27 heavy (non-hydrogen) atoms. The first-order chi connectivity index (χ1) is 13.0. The van der Waals surface area contributed by atoms with E-state index in [1.54, 1.807) is 31.4 Å². The van der Waals surface area contributed by atoms with E-state index in [1.807, 2.05) is 30.3 Å². The summed E-state index contributed by atoms with van der Waals surface area (Å²) in [7, 11) is 1.56. The van der Waals surface area contributed by atoms with Gasteiger partial charge in [-0.1, -0.05) is 41.9 Å². The zero-order chi connectivity index (χ0) is 19.2. The minimum absolute atomic E-state index is 0.197. The maximum Gasteiger partial charge on any atom is 0.322 e. The standard InChI is InChI=1S/C19H17ClN4O3/c1-27-16-8-7-13(20)9-15(16)22-17-10-14(12-5-3-2-4-6-12)23-19(24-17)21-11-18(25)26/h2-10H,11H2,1H3,(H,25,26)(H2,21,22,23,24). The van der Waals surface area contributed by atoms with Crippen molar-refractivity contribution in [3.8, 4) is 17.0 Å². The Balaban J connectivity index is 1.99. The molecule has 0 aliphatic carbocycles. The highest BCUT2D eigenvalue weighted by Gasteiger charge is 2.10. The molecule has 0 unspecified atom stereocenters. The van der Waals surface area contributed by atoms with E-state index in [1.165, 1.54) is 0 Å². The van der Waals surface area contributed by atoms with E-state index in [4.69, 9.17) is 21.4 Å². The summed E-state index contributed by atoms with van der Waals surface area (Å²) in [6.07, 6.45) is 0. The molecule has 138 valence electrons. The molecular weight excluding hydrogens is 368 g/mol. The number of aromatic nitrogens is 2. The summed E-state index contributed by atoms with van der Waals surface area (Å²) in [5.41, 5.74) is 2.15. The number of nitrogens with one attached hydrogen (secondary N) is 2. The zero-order valence-electron chi connectivity index (χ0n) is 14.4. The van der Waals surface area contributed by atoms with E-state index in [0.717, 1.165) is 5.56 Å². The van der Waals surface area contributed by atoms with Gasteiger partial charge in [-0.25, -0.2) is 4.98 Å². The van der Waals surface area contributed by atoms with E-state index in [9.17, 15) is 4.79 Å². The maximum absolute atomic E-state index is 10.9. The van der Waals surface area contributed by atoms with Gasteiger partial charge in [-0.3, -0.25) is 4.79 Å². The third-order valence-electron chi connectivity index (χ3n) is 3.62. The first-order valence-electron chi connectivity index (χ1n) is 8.06. The number of hydrogen-bond donors (Lipinski definition) is 3.